The Morgan fingerprint density at radius 2 is 1.61 bits per heavy atom. The van der Waals surface area contributed by atoms with Gasteiger partial charge >= 0.3 is 0 Å². The third-order valence-corrected chi connectivity index (χ3v) is 4.87. The summed E-state index contributed by atoms with van der Waals surface area (Å²) in [4.78, 5) is 7.72. The van der Waals surface area contributed by atoms with Gasteiger partial charge in [0, 0.05) is 42.8 Å². The number of nitrogens with zero attached hydrogens (tertiary/aromatic N) is 3. The average molecular weight is 253 g/mol. The van der Waals surface area contributed by atoms with Crippen molar-refractivity contribution in [3.63, 3.8) is 0 Å². The Kier molecular flexibility index (Phi) is 3.54. The molecule has 2 heterocycles. The van der Waals surface area contributed by atoms with E-state index in [-0.39, 0.29) is 5.54 Å². The lowest BCUT2D eigenvalue weighted by Gasteiger charge is -2.44. The minimum atomic E-state index is 0.273. The molecule has 2 aliphatic rings. The molecule has 3 nitrogen and oxygen atoms in total. The summed E-state index contributed by atoms with van der Waals surface area (Å²) in [5.74, 6) is 0. The normalized spacial score (nSPS) is 31.0. The van der Waals surface area contributed by atoms with E-state index >= 15 is 0 Å². The molecule has 106 valence electrons. The number of hydrogen-bond donors (Lipinski definition) is 0. The molecule has 0 saturated carbocycles. The second-order valence-corrected chi connectivity index (χ2v) is 7.99. The second-order valence-electron chi connectivity index (χ2n) is 7.99. The van der Waals surface area contributed by atoms with Crippen LogP contribution in [-0.4, -0.2) is 71.6 Å². The Labute approximate surface area is 113 Å². The van der Waals surface area contributed by atoms with Gasteiger partial charge in [-0.25, -0.2) is 0 Å². The molecule has 0 radical (unpaired) electrons. The molecule has 2 rings (SSSR count). The summed E-state index contributed by atoms with van der Waals surface area (Å²) in [6.07, 6.45) is 1.29. The fourth-order valence-corrected chi connectivity index (χ4v) is 3.89. The molecule has 0 aliphatic carbocycles. The summed E-state index contributed by atoms with van der Waals surface area (Å²) in [6, 6.07) is 1.49. The molecule has 18 heavy (non-hydrogen) atoms. The van der Waals surface area contributed by atoms with Crippen molar-refractivity contribution < 1.29 is 0 Å². The highest BCUT2D eigenvalue weighted by Crippen LogP contribution is 2.37. The summed E-state index contributed by atoms with van der Waals surface area (Å²) in [5.41, 5.74) is 0.600. The lowest BCUT2D eigenvalue weighted by Crippen LogP contribution is -2.59. The fraction of sp³-hybridized carbons (Fsp3) is 1.00. The molecule has 0 bridgehead atoms. The van der Waals surface area contributed by atoms with Gasteiger partial charge in [-0.15, -0.1) is 0 Å². The molecular formula is C15H31N3. The van der Waals surface area contributed by atoms with E-state index < -0.39 is 0 Å². The molecule has 0 aromatic heterocycles. The molecule has 2 aliphatic heterocycles. The summed E-state index contributed by atoms with van der Waals surface area (Å²) < 4.78 is 0. The largest absolute Gasteiger partial charge is 0.303 e. The van der Waals surface area contributed by atoms with Crippen LogP contribution in [0.3, 0.4) is 0 Å². The zero-order chi connectivity index (χ0) is 13.7. The van der Waals surface area contributed by atoms with E-state index in [1.54, 1.807) is 0 Å². The van der Waals surface area contributed by atoms with E-state index in [9.17, 15) is 0 Å². The molecule has 0 unspecified atom stereocenters. The molecule has 3 heteroatoms. The second kappa shape index (κ2) is 4.46. The minimum absolute atomic E-state index is 0.273. The molecule has 0 amide bonds. The molecular weight excluding hydrogens is 222 g/mol. The summed E-state index contributed by atoms with van der Waals surface area (Å²) in [5, 5.41) is 0. The van der Waals surface area contributed by atoms with Gasteiger partial charge in [0.05, 0.1) is 0 Å². The highest BCUT2D eigenvalue weighted by Gasteiger charge is 2.46. The van der Waals surface area contributed by atoms with E-state index in [4.69, 9.17) is 0 Å². The van der Waals surface area contributed by atoms with Crippen LogP contribution in [0.5, 0.6) is 0 Å². The van der Waals surface area contributed by atoms with Gasteiger partial charge in [0.1, 0.15) is 0 Å². The van der Waals surface area contributed by atoms with E-state index in [0.717, 1.165) is 12.1 Å². The van der Waals surface area contributed by atoms with E-state index in [2.05, 4.69) is 63.4 Å². The van der Waals surface area contributed by atoms with Crippen LogP contribution < -0.4 is 0 Å². The van der Waals surface area contributed by atoms with Crippen LogP contribution in [0.4, 0.5) is 0 Å². The maximum absolute atomic E-state index is 2.68. The third kappa shape index (κ3) is 2.59. The number of likely N-dealkylation sites (N-methyl/N-ethyl adjacent to an activating group) is 2. The predicted octanol–water partition coefficient (Wildman–Crippen LogP) is 1.88. The number of rotatable bonds is 2. The Balaban J connectivity index is 2.01. The van der Waals surface area contributed by atoms with Crippen molar-refractivity contribution in [1.29, 1.82) is 0 Å². The van der Waals surface area contributed by atoms with Crippen molar-refractivity contribution in [3.8, 4) is 0 Å². The van der Waals surface area contributed by atoms with Gasteiger partial charge < -0.3 is 4.90 Å². The Hall–Kier alpha value is -0.120. The van der Waals surface area contributed by atoms with Crippen LogP contribution in [0.15, 0.2) is 0 Å². The maximum Gasteiger partial charge on any atom is 0.0350 e. The zero-order valence-corrected chi connectivity index (χ0v) is 13.3. The highest BCUT2D eigenvalue weighted by molar-refractivity contribution is 5.03. The number of hydrogen-bond acceptors (Lipinski definition) is 3. The van der Waals surface area contributed by atoms with Crippen molar-refractivity contribution in [1.82, 2.24) is 14.7 Å². The van der Waals surface area contributed by atoms with Crippen LogP contribution >= 0.6 is 0 Å². The van der Waals surface area contributed by atoms with Gasteiger partial charge in [-0.1, -0.05) is 0 Å². The first-order valence-electron chi connectivity index (χ1n) is 7.29. The molecule has 2 fully saturated rings. The summed E-state index contributed by atoms with van der Waals surface area (Å²) in [6.45, 7) is 15.5. The van der Waals surface area contributed by atoms with Gasteiger partial charge in [-0.3, -0.25) is 9.80 Å². The summed E-state index contributed by atoms with van der Waals surface area (Å²) >= 11 is 0. The monoisotopic (exact) mass is 253 g/mol. The van der Waals surface area contributed by atoms with Crippen molar-refractivity contribution in [2.45, 2.75) is 64.2 Å². The third-order valence-electron chi connectivity index (χ3n) is 4.87. The van der Waals surface area contributed by atoms with Gasteiger partial charge in [0.15, 0.2) is 0 Å². The van der Waals surface area contributed by atoms with Crippen LogP contribution in [0.25, 0.3) is 0 Å². The van der Waals surface area contributed by atoms with E-state index in [0.29, 0.717) is 5.54 Å². The molecule has 0 N–H and O–H groups in total. The zero-order valence-electron chi connectivity index (χ0n) is 13.3. The van der Waals surface area contributed by atoms with E-state index in [1.165, 1.54) is 26.1 Å². The van der Waals surface area contributed by atoms with Crippen LogP contribution in [0.1, 0.15) is 41.0 Å². The van der Waals surface area contributed by atoms with Crippen LogP contribution in [0.2, 0.25) is 0 Å². The molecule has 2 saturated heterocycles. The van der Waals surface area contributed by atoms with Crippen LogP contribution in [-0.2, 0) is 0 Å². The predicted molar refractivity (Wildman–Crippen MR) is 78.0 cm³/mol. The first-order chi connectivity index (χ1) is 8.11. The van der Waals surface area contributed by atoms with Crippen molar-refractivity contribution >= 4 is 0 Å². The average Bonchev–Trinajstić information content (AvgIpc) is 2.48. The first kappa shape index (κ1) is 14.3. The Bertz CT molecular complexity index is 299. The molecule has 1 atom stereocenters. The van der Waals surface area contributed by atoms with Crippen LogP contribution in [0, 0.1) is 0 Å². The Morgan fingerprint density at radius 1 is 1.06 bits per heavy atom. The summed E-state index contributed by atoms with van der Waals surface area (Å²) in [7, 11) is 4.54. The quantitative estimate of drug-likeness (QED) is 0.744. The first-order valence-corrected chi connectivity index (χ1v) is 7.29. The molecule has 0 aromatic carbocycles. The van der Waals surface area contributed by atoms with Crippen molar-refractivity contribution in [3.05, 3.63) is 0 Å². The maximum atomic E-state index is 2.68. The standard InChI is InChI=1S/C15H31N3/c1-14(2,3)18-11-12(8-15(18,4)5)17(7)13-9-16(6)10-13/h12-13H,8-11H2,1-7H3/t12-/m1/s1. The molecule has 0 spiro atoms. The van der Waals surface area contributed by atoms with Gasteiger partial charge in [-0.2, -0.15) is 0 Å². The van der Waals surface area contributed by atoms with Gasteiger partial charge in [0.25, 0.3) is 0 Å². The van der Waals surface area contributed by atoms with Gasteiger partial charge in [-0.05, 0) is 55.1 Å². The van der Waals surface area contributed by atoms with Crippen molar-refractivity contribution in [2.24, 2.45) is 0 Å². The van der Waals surface area contributed by atoms with Crippen molar-refractivity contribution in [2.75, 3.05) is 33.7 Å². The van der Waals surface area contributed by atoms with Gasteiger partial charge in [0.2, 0.25) is 0 Å². The lowest BCUT2D eigenvalue weighted by atomic mass is 9.95. The minimum Gasteiger partial charge on any atom is -0.303 e. The molecule has 0 aromatic rings. The fourth-order valence-electron chi connectivity index (χ4n) is 3.89. The lowest BCUT2D eigenvalue weighted by molar-refractivity contribution is 0.0379. The SMILES string of the molecule is CN1CC(N(C)[C@H]2CN(C(C)(C)C)C(C)(C)C2)C1. The number of likely N-dealkylation sites (tertiary alicyclic amines) is 2. The highest BCUT2D eigenvalue weighted by atomic mass is 15.4. The van der Waals surface area contributed by atoms with E-state index in [1.807, 2.05) is 0 Å². The Morgan fingerprint density at radius 3 is 2.00 bits per heavy atom. The topological polar surface area (TPSA) is 9.72 Å². The smallest absolute Gasteiger partial charge is 0.0350 e.